The number of halogens is 2. The minimum Gasteiger partial charge on any atom is -0.376 e. The molecule has 0 spiro atoms. The Bertz CT molecular complexity index is 1260. The first-order valence-electron chi connectivity index (χ1n) is 12.3. The fourth-order valence-electron chi connectivity index (χ4n) is 5.55. The molecule has 1 saturated carbocycles. The van der Waals surface area contributed by atoms with E-state index in [1.807, 2.05) is 11.6 Å². The van der Waals surface area contributed by atoms with E-state index in [1.54, 1.807) is 18.2 Å². The summed E-state index contributed by atoms with van der Waals surface area (Å²) < 4.78 is 16.7. The molecule has 0 bridgehead atoms. The van der Waals surface area contributed by atoms with Crippen molar-refractivity contribution in [2.24, 2.45) is 0 Å². The fourth-order valence-corrected chi connectivity index (χ4v) is 5.72. The quantitative estimate of drug-likeness (QED) is 0.482. The lowest BCUT2D eigenvalue weighted by Crippen LogP contribution is -2.42. The Morgan fingerprint density at radius 1 is 1.12 bits per heavy atom. The smallest absolute Gasteiger partial charge is 0.164 e. The maximum Gasteiger partial charge on any atom is 0.164 e. The molecule has 0 radical (unpaired) electrons. The number of benzene rings is 2. The van der Waals surface area contributed by atoms with Gasteiger partial charge < -0.3 is 5.32 Å². The number of aromatic nitrogens is 3. The second-order valence-corrected chi connectivity index (χ2v) is 10.1. The second-order valence-electron chi connectivity index (χ2n) is 9.69. The summed E-state index contributed by atoms with van der Waals surface area (Å²) in [5.74, 6) is -0.409. The zero-order chi connectivity index (χ0) is 23.2. The first-order valence-corrected chi connectivity index (χ1v) is 12.6. The third-order valence-corrected chi connectivity index (χ3v) is 7.99. The molecule has 0 amide bonds. The molecule has 1 fully saturated rings. The lowest BCUT2D eigenvalue weighted by molar-refractivity contribution is 0.141. The van der Waals surface area contributed by atoms with E-state index in [4.69, 9.17) is 11.6 Å². The van der Waals surface area contributed by atoms with E-state index in [9.17, 15) is 4.39 Å². The Kier molecular flexibility index (Phi) is 5.66. The van der Waals surface area contributed by atoms with Crippen LogP contribution >= 0.6 is 11.6 Å². The van der Waals surface area contributed by atoms with Crippen LogP contribution in [0.25, 0.3) is 16.8 Å². The molecule has 1 atom stereocenters. The molecule has 34 heavy (non-hydrogen) atoms. The van der Waals surface area contributed by atoms with Gasteiger partial charge in [-0.3, -0.25) is 4.90 Å². The number of nitrogens with zero attached hydrogens (tertiary/aromatic N) is 4. The van der Waals surface area contributed by atoms with Gasteiger partial charge in [0.25, 0.3) is 0 Å². The van der Waals surface area contributed by atoms with Gasteiger partial charge in [0.15, 0.2) is 5.82 Å². The van der Waals surface area contributed by atoms with Gasteiger partial charge in [-0.2, -0.15) is 0 Å². The van der Waals surface area contributed by atoms with Crippen LogP contribution < -0.4 is 5.32 Å². The summed E-state index contributed by atoms with van der Waals surface area (Å²) in [5, 5.41) is 12.3. The summed E-state index contributed by atoms with van der Waals surface area (Å²) in [4.78, 5) is 2.62. The second kappa shape index (κ2) is 8.82. The lowest BCUT2D eigenvalue weighted by Gasteiger charge is -2.39. The largest absolute Gasteiger partial charge is 0.376 e. The van der Waals surface area contributed by atoms with Crippen molar-refractivity contribution in [2.75, 3.05) is 18.4 Å². The van der Waals surface area contributed by atoms with Crippen molar-refractivity contribution in [3.8, 4) is 11.3 Å². The van der Waals surface area contributed by atoms with Crippen LogP contribution in [0.1, 0.15) is 55.0 Å². The Morgan fingerprint density at radius 2 is 2.00 bits per heavy atom. The number of fused-ring (bicyclic) bond motifs is 3. The van der Waals surface area contributed by atoms with Gasteiger partial charge in [-0.05, 0) is 67.5 Å². The zero-order valence-electron chi connectivity index (χ0n) is 19.4. The molecule has 1 unspecified atom stereocenters. The van der Waals surface area contributed by atoms with Gasteiger partial charge >= 0.3 is 0 Å². The minimum atomic E-state index is -0.409. The molecule has 3 heterocycles. The van der Waals surface area contributed by atoms with E-state index in [-0.39, 0.29) is 11.1 Å². The first-order chi connectivity index (χ1) is 16.6. The van der Waals surface area contributed by atoms with E-state index < -0.39 is 5.82 Å². The molecule has 0 saturated heterocycles. The molecule has 5 nitrogen and oxygen atoms in total. The van der Waals surface area contributed by atoms with Gasteiger partial charge in [0.2, 0.25) is 0 Å². The zero-order valence-corrected chi connectivity index (χ0v) is 20.2. The molecule has 3 aliphatic rings. The van der Waals surface area contributed by atoms with E-state index in [1.165, 1.54) is 30.4 Å². The van der Waals surface area contributed by atoms with Crippen molar-refractivity contribution in [1.82, 2.24) is 19.9 Å². The number of hydrogen-bond donors (Lipinski definition) is 1. The number of hydrogen-bond acceptors (Lipinski definition) is 4. The normalized spacial score (nSPS) is 20.7. The molecule has 1 aliphatic carbocycles. The Balaban J connectivity index is 1.38. The first kappa shape index (κ1) is 21.8. The van der Waals surface area contributed by atoms with Gasteiger partial charge in [0.1, 0.15) is 0 Å². The van der Waals surface area contributed by atoms with Gasteiger partial charge in [0, 0.05) is 31.2 Å². The van der Waals surface area contributed by atoms with Crippen LogP contribution in [-0.4, -0.2) is 39.0 Å². The summed E-state index contributed by atoms with van der Waals surface area (Å²) in [6.07, 6.45) is 8.29. The SMILES string of the molecule is Cc1nnn2c1-c1ccc(C3=CCN(C4CCC4)CC3)cc1C(Nc1cccc(Cl)c1F)CC2. The number of anilines is 1. The highest BCUT2D eigenvalue weighted by Crippen LogP contribution is 2.40. The lowest BCUT2D eigenvalue weighted by atomic mass is 9.88. The average molecular weight is 478 g/mol. The van der Waals surface area contributed by atoms with E-state index in [0.717, 1.165) is 54.5 Å². The number of aryl methyl sites for hydroxylation is 2. The monoisotopic (exact) mass is 477 g/mol. The Hall–Kier alpha value is -2.70. The molecular weight excluding hydrogens is 449 g/mol. The minimum absolute atomic E-state index is 0.0697. The van der Waals surface area contributed by atoms with E-state index >= 15 is 0 Å². The van der Waals surface area contributed by atoms with Gasteiger partial charge in [-0.25, -0.2) is 9.07 Å². The van der Waals surface area contributed by atoms with Crippen LogP contribution in [0.3, 0.4) is 0 Å². The summed E-state index contributed by atoms with van der Waals surface area (Å²) >= 11 is 6.07. The summed E-state index contributed by atoms with van der Waals surface area (Å²) in [6, 6.07) is 12.5. The maximum absolute atomic E-state index is 14.8. The van der Waals surface area contributed by atoms with Crippen LogP contribution in [0.2, 0.25) is 5.02 Å². The predicted molar refractivity (Wildman–Crippen MR) is 134 cm³/mol. The molecule has 1 N–H and O–H groups in total. The third kappa shape index (κ3) is 3.83. The van der Waals surface area contributed by atoms with Crippen LogP contribution in [0, 0.1) is 12.7 Å². The fraction of sp³-hybridized carbons (Fsp3) is 0.407. The van der Waals surface area contributed by atoms with Crippen molar-refractivity contribution in [2.45, 2.75) is 57.7 Å². The molecule has 1 aromatic heterocycles. The summed E-state index contributed by atoms with van der Waals surface area (Å²) in [6.45, 7) is 4.86. The Labute approximate surface area is 204 Å². The highest BCUT2D eigenvalue weighted by atomic mass is 35.5. The topological polar surface area (TPSA) is 46.0 Å². The van der Waals surface area contributed by atoms with Crippen molar-refractivity contribution >= 4 is 22.9 Å². The van der Waals surface area contributed by atoms with Crippen LogP contribution in [0.15, 0.2) is 42.5 Å². The van der Waals surface area contributed by atoms with Crippen LogP contribution in [0.5, 0.6) is 0 Å². The molecule has 6 rings (SSSR count). The highest BCUT2D eigenvalue weighted by molar-refractivity contribution is 6.31. The van der Waals surface area contributed by atoms with Crippen LogP contribution in [-0.2, 0) is 6.54 Å². The van der Waals surface area contributed by atoms with Gasteiger partial charge in [0.05, 0.1) is 28.1 Å². The summed E-state index contributed by atoms with van der Waals surface area (Å²) in [7, 11) is 0. The van der Waals surface area contributed by atoms with Crippen LogP contribution in [0.4, 0.5) is 10.1 Å². The molecule has 3 aromatic rings. The van der Waals surface area contributed by atoms with Crippen molar-refractivity contribution in [3.05, 3.63) is 70.1 Å². The number of rotatable bonds is 4. The van der Waals surface area contributed by atoms with Gasteiger partial charge in [-0.15, -0.1) is 5.10 Å². The average Bonchev–Trinajstić information content (AvgIpc) is 3.10. The molecule has 2 aromatic carbocycles. The van der Waals surface area contributed by atoms with Gasteiger partial charge in [-0.1, -0.05) is 47.5 Å². The Morgan fingerprint density at radius 3 is 2.76 bits per heavy atom. The summed E-state index contributed by atoms with van der Waals surface area (Å²) in [5.41, 5.74) is 7.31. The third-order valence-electron chi connectivity index (χ3n) is 7.70. The van der Waals surface area contributed by atoms with Crippen molar-refractivity contribution in [3.63, 3.8) is 0 Å². The molecule has 176 valence electrons. The number of nitrogens with one attached hydrogen (secondary N) is 1. The van der Waals surface area contributed by atoms with Crippen molar-refractivity contribution in [1.29, 1.82) is 0 Å². The van der Waals surface area contributed by atoms with E-state index in [2.05, 4.69) is 44.8 Å². The molecular formula is C27H29ClFN5. The maximum atomic E-state index is 14.8. The highest BCUT2D eigenvalue weighted by Gasteiger charge is 2.28. The molecule has 2 aliphatic heterocycles. The van der Waals surface area contributed by atoms with Crippen molar-refractivity contribution < 1.29 is 4.39 Å². The predicted octanol–water partition coefficient (Wildman–Crippen LogP) is 6.24. The standard InChI is InChI=1S/C27H29ClFN5/c1-17-27-21-9-8-19(18-10-13-33(14-11-18)20-4-2-5-20)16-22(21)24(12-15-34(27)32-31-17)30-25-7-3-6-23(28)26(25)29/h3,6-10,16,20,24,30H,2,4-5,11-15H2,1H3. The molecule has 7 heteroatoms. The van der Waals surface area contributed by atoms with E-state index in [0.29, 0.717) is 12.2 Å².